The van der Waals surface area contributed by atoms with E-state index in [0.717, 1.165) is 22.3 Å². The number of halogens is 1. The van der Waals surface area contributed by atoms with Crippen molar-refractivity contribution in [2.45, 2.75) is 32.9 Å². The highest BCUT2D eigenvalue weighted by Crippen LogP contribution is 2.30. The molecule has 0 fully saturated rings. The Morgan fingerprint density at radius 1 is 1.26 bits per heavy atom. The zero-order chi connectivity index (χ0) is 18.8. The van der Waals surface area contributed by atoms with E-state index in [9.17, 15) is 9.18 Å². The fourth-order valence-corrected chi connectivity index (χ4v) is 3.43. The molecule has 27 heavy (non-hydrogen) atoms. The summed E-state index contributed by atoms with van der Waals surface area (Å²) in [5.74, 6) is 0.878. The van der Waals surface area contributed by atoms with Crippen molar-refractivity contribution in [3.8, 4) is 5.75 Å². The first-order valence-corrected chi connectivity index (χ1v) is 8.93. The first-order chi connectivity index (χ1) is 13.2. The first kappa shape index (κ1) is 17.5. The van der Waals surface area contributed by atoms with Crippen molar-refractivity contribution < 1.29 is 23.1 Å². The second kappa shape index (κ2) is 7.40. The Bertz CT molecular complexity index is 995. The van der Waals surface area contributed by atoms with E-state index < -0.39 is 0 Å². The Morgan fingerprint density at radius 2 is 2.11 bits per heavy atom. The molecule has 4 rings (SSSR count). The summed E-state index contributed by atoms with van der Waals surface area (Å²) in [6.45, 7) is 2.61. The zero-order valence-corrected chi connectivity index (χ0v) is 15.0. The fourth-order valence-electron chi connectivity index (χ4n) is 3.43. The van der Waals surface area contributed by atoms with Gasteiger partial charge in [-0.05, 0) is 18.2 Å². The van der Waals surface area contributed by atoms with Crippen LogP contribution in [0.25, 0.3) is 11.0 Å². The van der Waals surface area contributed by atoms with Crippen molar-refractivity contribution in [3.63, 3.8) is 0 Å². The van der Waals surface area contributed by atoms with Gasteiger partial charge in [0.25, 0.3) is 0 Å². The summed E-state index contributed by atoms with van der Waals surface area (Å²) >= 11 is 0. The Hall–Kier alpha value is -2.86. The van der Waals surface area contributed by atoms with Crippen molar-refractivity contribution in [1.29, 1.82) is 0 Å². The molecular formula is C21H20FNO4. The average molecular weight is 369 g/mol. The normalized spacial score (nSPS) is 13.3. The van der Waals surface area contributed by atoms with Gasteiger partial charge in [0, 0.05) is 35.0 Å². The van der Waals surface area contributed by atoms with E-state index >= 15 is 0 Å². The first-order valence-electron chi connectivity index (χ1n) is 8.93. The van der Waals surface area contributed by atoms with Crippen LogP contribution in [-0.4, -0.2) is 12.7 Å². The highest BCUT2D eigenvalue weighted by molar-refractivity contribution is 5.88. The van der Waals surface area contributed by atoms with Gasteiger partial charge in [-0.2, -0.15) is 0 Å². The van der Waals surface area contributed by atoms with Crippen LogP contribution < -0.4 is 10.1 Å². The number of aryl methyl sites for hydroxylation is 1. The Labute approximate surface area is 156 Å². The number of hydrogen-bond acceptors (Lipinski definition) is 4. The maximum Gasteiger partial charge on any atom is 0.224 e. The predicted molar refractivity (Wildman–Crippen MR) is 97.8 cm³/mol. The third kappa shape index (κ3) is 3.53. The standard InChI is InChI=1S/C21H20FNO4/c1-2-18-17(16-5-3-4-6-19(16)27-18)9-20(24)23-10-13-7-15(22)8-14-11-25-12-26-21(13)14/h3-8H,2,9-12H2,1H3,(H,23,24). The number of benzene rings is 2. The molecule has 0 bridgehead atoms. The van der Waals surface area contributed by atoms with E-state index in [1.807, 2.05) is 31.2 Å². The lowest BCUT2D eigenvalue weighted by Crippen LogP contribution is -2.26. The molecule has 0 radical (unpaired) electrons. The average Bonchev–Trinajstić information content (AvgIpc) is 3.03. The minimum absolute atomic E-state index is 0.125. The number of carbonyl (C=O) groups excluding carboxylic acids is 1. The maximum absolute atomic E-state index is 13.8. The smallest absolute Gasteiger partial charge is 0.224 e. The molecule has 2 heterocycles. The van der Waals surface area contributed by atoms with Gasteiger partial charge in [-0.1, -0.05) is 25.1 Å². The van der Waals surface area contributed by atoms with Crippen LogP contribution in [-0.2, 0) is 35.5 Å². The molecule has 1 aliphatic heterocycles. The summed E-state index contributed by atoms with van der Waals surface area (Å²) in [6, 6.07) is 10.5. The summed E-state index contributed by atoms with van der Waals surface area (Å²) in [5.41, 5.74) is 2.94. The molecule has 140 valence electrons. The SMILES string of the molecule is CCc1oc2ccccc2c1CC(=O)NCc1cc(F)cc2c1OCOC2. The van der Waals surface area contributed by atoms with Crippen LogP contribution in [0.4, 0.5) is 4.39 Å². The maximum atomic E-state index is 13.8. The molecule has 1 aromatic heterocycles. The molecule has 1 N–H and O–H groups in total. The van der Waals surface area contributed by atoms with E-state index in [1.165, 1.54) is 12.1 Å². The van der Waals surface area contributed by atoms with E-state index in [1.54, 1.807) is 0 Å². The number of carbonyl (C=O) groups is 1. The van der Waals surface area contributed by atoms with Crippen molar-refractivity contribution in [1.82, 2.24) is 5.32 Å². The van der Waals surface area contributed by atoms with Crippen molar-refractivity contribution in [2.75, 3.05) is 6.79 Å². The number of nitrogens with one attached hydrogen (secondary N) is 1. The van der Waals surface area contributed by atoms with Gasteiger partial charge in [0.2, 0.25) is 5.91 Å². The molecule has 0 saturated heterocycles. The van der Waals surface area contributed by atoms with Crippen LogP contribution in [0.5, 0.6) is 5.75 Å². The van der Waals surface area contributed by atoms with Gasteiger partial charge in [0.15, 0.2) is 6.79 Å². The topological polar surface area (TPSA) is 60.7 Å². The predicted octanol–water partition coefficient (Wildman–Crippen LogP) is 3.86. The van der Waals surface area contributed by atoms with Crippen LogP contribution in [0.2, 0.25) is 0 Å². The Balaban J connectivity index is 1.51. The molecule has 1 amide bonds. The summed E-state index contributed by atoms with van der Waals surface area (Å²) in [7, 11) is 0. The second-order valence-corrected chi connectivity index (χ2v) is 6.47. The van der Waals surface area contributed by atoms with Gasteiger partial charge in [-0.3, -0.25) is 4.79 Å². The molecule has 5 nitrogen and oxygen atoms in total. The lowest BCUT2D eigenvalue weighted by Gasteiger charge is -2.21. The van der Waals surface area contributed by atoms with Gasteiger partial charge in [0.1, 0.15) is 22.9 Å². The monoisotopic (exact) mass is 369 g/mol. The minimum Gasteiger partial charge on any atom is -0.467 e. The van der Waals surface area contributed by atoms with Crippen molar-refractivity contribution in [2.24, 2.45) is 0 Å². The summed E-state index contributed by atoms with van der Waals surface area (Å²) in [6.07, 6.45) is 0.921. The van der Waals surface area contributed by atoms with E-state index in [4.69, 9.17) is 13.9 Å². The highest BCUT2D eigenvalue weighted by atomic mass is 19.1. The number of fused-ring (bicyclic) bond motifs is 2. The number of furan rings is 1. The zero-order valence-electron chi connectivity index (χ0n) is 15.0. The van der Waals surface area contributed by atoms with E-state index in [-0.39, 0.29) is 31.5 Å². The molecule has 0 aliphatic carbocycles. The van der Waals surface area contributed by atoms with Crippen LogP contribution in [0.1, 0.15) is 29.4 Å². The second-order valence-electron chi connectivity index (χ2n) is 6.47. The minimum atomic E-state index is -0.374. The lowest BCUT2D eigenvalue weighted by molar-refractivity contribution is -0.120. The molecule has 2 aromatic carbocycles. The van der Waals surface area contributed by atoms with Gasteiger partial charge >= 0.3 is 0 Å². The van der Waals surface area contributed by atoms with Gasteiger partial charge in [-0.25, -0.2) is 4.39 Å². The summed E-state index contributed by atoms with van der Waals surface area (Å²) < 4.78 is 30.3. The third-order valence-electron chi connectivity index (χ3n) is 4.67. The largest absolute Gasteiger partial charge is 0.467 e. The number of amides is 1. The lowest BCUT2D eigenvalue weighted by atomic mass is 10.1. The van der Waals surface area contributed by atoms with Crippen LogP contribution in [0, 0.1) is 5.82 Å². The molecular weight excluding hydrogens is 349 g/mol. The highest BCUT2D eigenvalue weighted by Gasteiger charge is 2.19. The van der Waals surface area contributed by atoms with Gasteiger partial charge < -0.3 is 19.2 Å². The van der Waals surface area contributed by atoms with E-state index in [2.05, 4.69) is 5.32 Å². The Morgan fingerprint density at radius 3 is 2.96 bits per heavy atom. The number of hydrogen-bond donors (Lipinski definition) is 1. The van der Waals surface area contributed by atoms with Crippen LogP contribution in [0.15, 0.2) is 40.8 Å². The van der Waals surface area contributed by atoms with Crippen molar-refractivity contribution >= 4 is 16.9 Å². The number of rotatable bonds is 5. The molecule has 3 aromatic rings. The Kier molecular flexibility index (Phi) is 4.81. The van der Waals surface area contributed by atoms with Crippen LogP contribution >= 0.6 is 0 Å². The van der Waals surface area contributed by atoms with Crippen molar-refractivity contribution in [3.05, 3.63) is 64.7 Å². The quantitative estimate of drug-likeness (QED) is 0.742. The van der Waals surface area contributed by atoms with E-state index in [0.29, 0.717) is 29.9 Å². The molecule has 1 aliphatic rings. The molecule has 0 saturated carbocycles. The van der Waals surface area contributed by atoms with Gasteiger partial charge in [0.05, 0.1) is 13.0 Å². The summed E-state index contributed by atoms with van der Waals surface area (Å²) in [4.78, 5) is 12.5. The molecule has 0 spiro atoms. The number of para-hydroxylation sites is 1. The molecule has 0 unspecified atom stereocenters. The fraction of sp³-hybridized carbons (Fsp3) is 0.286. The van der Waals surface area contributed by atoms with Crippen LogP contribution in [0.3, 0.4) is 0 Å². The van der Waals surface area contributed by atoms with Gasteiger partial charge in [-0.15, -0.1) is 0 Å². The number of ether oxygens (including phenoxy) is 2. The molecule has 0 atom stereocenters. The summed E-state index contributed by atoms with van der Waals surface area (Å²) in [5, 5.41) is 3.81. The molecule has 6 heteroatoms. The third-order valence-corrected chi connectivity index (χ3v) is 4.67.